The molecule has 0 aromatic carbocycles. The maximum absolute atomic E-state index is 12.6. The summed E-state index contributed by atoms with van der Waals surface area (Å²) in [5.41, 5.74) is -0.395. The van der Waals surface area contributed by atoms with E-state index in [0.717, 1.165) is 25.8 Å². The van der Waals surface area contributed by atoms with Gasteiger partial charge < -0.3 is 12.9 Å². The number of likely N-dealkylation sites (tertiary alicyclic amines) is 1. The molecule has 1 aliphatic carbocycles. The topological polar surface area (TPSA) is 3.24 Å². The molecule has 2 fully saturated rings. The van der Waals surface area contributed by atoms with Gasteiger partial charge in [-0.15, -0.1) is 12.1 Å². The van der Waals surface area contributed by atoms with Crippen LogP contribution in [0.3, 0.4) is 0 Å². The minimum Gasteiger partial charge on any atom is -0.445 e. The second-order valence-corrected chi connectivity index (χ2v) is 6.23. The first-order chi connectivity index (χ1) is 7.72. The Kier molecular flexibility index (Phi) is 5.65. The van der Waals surface area contributed by atoms with Crippen molar-refractivity contribution < 1.29 is 64.3 Å². The molecular formula is C12H20BF3KN. The maximum atomic E-state index is 12.6. The van der Waals surface area contributed by atoms with Crippen LogP contribution in [0.25, 0.3) is 0 Å². The van der Waals surface area contributed by atoms with Crippen molar-refractivity contribution >= 4 is 6.98 Å². The fraction of sp³-hybridized carbons (Fsp3) is 0.833. The number of fused-ring (bicyclic) bond motifs is 1. The average Bonchev–Trinajstić information content (AvgIpc) is 2.69. The van der Waals surface area contributed by atoms with Crippen LogP contribution in [0.5, 0.6) is 0 Å². The van der Waals surface area contributed by atoms with Crippen molar-refractivity contribution in [3.8, 4) is 0 Å². The number of hydrogen-bond acceptors (Lipinski definition) is 1. The van der Waals surface area contributed by atoms with Crippen molar-refractivity contribution in [1.82, 2.24) is 4.90 Å². The second-order valence-electron chi connectivity index (χ2n) is 6.23. The van der Waals surface area contributed by atoms with Gasteiger partial charge in [-0.2, -0.15) is 0 Å². The summed E-state index contributed by atoms with van der Waals surface area (Å²) in [4.78, 5) is 2.01. The summed E-state index contributed by atoms with van der Waals surface area (Å²) < 4.78 is 37.7. The number of hydrogen-bond donors (Lipinski definition) is 0. The molecule has 6 heteroatoms. The van der Waals surface area contributed by atoms with E-state index in [0.29, 0.717) is 12.0 Å². The summed E-state index contributed by atoms with van der Waals surface area (Å²) in [6.07, 6.45) is 3.36. The van der Waals surface area contributed by atoms with Crippen LogP contribution < -0.4 is 51.4 Å². The number of rotatable bonds is 3. The van der Waals surface area contributed by atoms with Crippen LogP contribution in [-0.2, 0) is 0 Å². The number of halogens is 3. The first-order valence-electron chi connectivity index (χ1n) is 6.33. The van der Waals surface area contributed by atoms with Crippen LogP contribution in [0.4, 0.5) is 12.9 Å². The average molecular weight is 285 g/mol. The third kappa shape index (κ3) is 3.44. The summed E-state index contributed by atoms with van der Waals surface area (Å²) in [6, 6.07) is 0.347. The molecule has 98 valence electrons. The Morgan fingerprint density at radius 3 is 2.50 bits per heavy atom. The van der Waals surface area contributed by atoms with Gasteiger partial charge in [0.2, 0.25) is 0 Å². The van der Waals surface area contributed by atoms with Crippen LogP contribution in [0.1, 0.15) is 33.1 Å². The van der Waals surface area contributed by atoms with Gasteiger partial charge in [0.1, 0.15) is 0 Å². The molecule has 18 heavy (non-hydrogen) atoms. The molecule has 0 radical (unpaired) electrons. The van der Waals surface area contributed by atoms with E-state index in [1.807, 2.05) is 4.90 Å². The Morgan fingerprint density at radius 2 is 1.94 bits per heavy atom. The first kappa shape index (κ1) is 17.2. The monoisotopic (exact) mass is 285 g/mol. The molecule has 1 nitrogen and oxygen atoms in total. The Balaban J connectivity index is 0.00000162. The Hall–Kier alpha value is 1.19. The van der Waals surface area contributed by atoms with Gasteiger partial charge in [0.05, 0.1) is 0 Å². The summed E-state index contributed by atoms with van der Waals surface area (Å²) in [5, 5.41) is 0. The van der Waals surface area contributed by atoms with Gasteiger partial charge in [0, 0.05) is 12.6 Å². The fourth-order valence-corrected chi connectivity index (χ4v) is 3.58. The van der Waals surface area contributed by atoms with E-state index < -0.39 is 12.4 Å². The smallest absolute Gasteiger partial charge is 0.445 e. The molecule has 0 aromatic heterocycles. The largest absolute Gasteiger partial charge is 1.00 e. The Morgan fingerprint density at radius 1 is 1.33 bits per heavy atom. The molecule has 0 amide bonds. The zero-order chi connectivity index (χ0) is 12.8. The second kappa shape index (κ2) is 5.90. The maximum Gasteiger partial charge on any atom is 1.00 e. The molecular weight excluding hydrogens is 265 g/mol. The van der Waals surface area contributed by atoms with Crippen molar-refractivity contribution in [2.45, 2.75) is 39.2 Å². The van der Waals surface area contributed by atoms with Crippen molar-refractivity contribution in [2.75, 3.05) is 13.1 Å². The van der Waals surface area contributed by atoms with Crippen molar-refractivity contribution in [3.05, 3.63) is 12.1 Å². The summed E-state index contributed by atoms with van der Waals surface area (Å²) in [5.74, 6) is 0.566. The molecule has 1 saturated heterocycles. The predicted molar refractivity (Wildman–Crippen MR) is 64.7 cm³/mol. The molecule has 1 saturated carbocycles. The molecule has 0 N–H and O–H groups in total. The summed E-state index contributed by atoms with van der Waals surface area (Å²) >= 11 is 0. The molecule has 0 aromatic rings. The molecule has 0 bridgehead atoms. The van der Waals surface area contributed by atoms with E-state index in [2.05, 4.69) is 20.4 Å². The van der Waals surface area contributed by atoms with Gasteiger partial charge in [-0.25, -0.2) is 0 Å². The SMILES string of the molecule is C=C(CN1CC(C)(C)C2CCCC21)[B-](F)(F)F.[K+]. The van der Waals surface area contributed by atoms with Gasteiger partial charge in [-0.05, 0) is 30.7 Å². The molecule has 2 rings (SSSR count). The van der Waals surface area contributed by atoms with E-state index >= 15 is 0 Å². The van der Waals surface area contributed by atoms with E-state index in [9.17, 15) is 12.9 Å². The minimum absolute atomic E-state index is 0. The Labute approximate surface area is 150 Å². The molecule has 2 atom stereocenters. The van der Waals surface area contributed by atoms with Crippen LogP contribution in [0, 0.1) is 11.3 Å². The molecule has 2 unspecified atom stereocenters. The Bertz CT molecular complexity index is 330. The van der Waals surface area contributed by atoms with Gasteiger partial charge in [-0.1, -0.05) is 20.3 Å². The normalized spacial score (nSPS) is 30.9. The van der Waals surface area contributed by atoms with E-state index in [1.54, 1.807) is 0 Å². The third-order valence-electron chi connectivity index (χ3n) is 4.43. The quantitative estimate of drug-likeness (QED) is 0.680. The van der Waals surface area contributed by atoms with Crippen LogP contribution in [0.15, 0.2) is 12.1 Å². The van der Waals surface area contributed by atoms with Gasteiger partial charge in [0.25, 0.3) is 0 Å². The van der Waals surface area contributed by atoms with Gasteiger partial charge in [0.15, 0.2) is 0 Å². The predicted octanol–water partition coefficient (Wildman–Crippen LogP) is 0.444. The van der Waals surface area contributed by atoms with E-state index in [-0.39, 0.29) is 63.3 Å². The molecule has 1 heterocycles. The number of nitrogens with zero attached hydrogens (tertiary/aromatic N) is 1. The standard InChI is InChI=1S/C12H20BF3N.K/c1-9(13(14,15)16)7-17-8-12(2,3)10-5-4-6-11(10)17;/h10-11H,1,4-8H2,2-3H3;/q-1;+1. The van der Waals surface area contributed by atoms with E-state index in [4.69, 9.17) is 0 Å². The van der Waals surface area contributed by atoms with Gasteiger partial charge >= 0.3 is 58.4 Å². The van der Waals surface area contributed by atoms with Crippen LogP contribution in [-0.4, -0.2) is 31.0 Å². The third-order valence-corrected chi connectivity index (χ3v) is 4.43. The zero-order valence-corrected chi connectivity index (χ0v) is 14.7. The van der Waals surface area contributed by atoms with E-state index in [1.165, 1.54) is 0 Å². The molecule has 0 spiro atoms. The molecule has 1 aliphatic heterocycles. The van der Waals surface area contributed by atoms with Crippen molar-refractivity contribution in [2.24, 2.45) is 11.3 Å². The zero-order valence-electron chi connectivity index (χ0n) is 11.6. The van der Waals surface area contributed by atoms with Crippen LogP contribution in [0.2, 0.25) is 0 Å². The van der Waals surface area contributed by atoms with Crippen molar-refractivity contribution in [3.63, 3.8) is 0 Å². The van der Waals surface area contributed by atoms with Gasteiger partial charge in [-0.3, -0.25) is 4.90 Å². The summed E-state index contributed by atoms with van der Waals surface area (Å²) in [6.45, 7) is 3.47. The molecule has 2 aliphatic rings. The van der Waals surface area contributed by atoms with Crippen molar-refractivity contribution in [1.29, 1.82) is 0 Å². The van der Waals surface area contributed by atoms with Crippen LogP contribution >= 0.6 is 0 Å². The fourth-order valence-electron chi connectivity index (χ4n) is 3.58. The minimum atomic E-state index is -4.88. The first-order valence-corrected chi connectivity index (χ1v) is 6.33. The summed E-state index contributed by atoms with van der Waals surface area (Å²) in [7, 11) is 0.